The van der Waals surface area contributed by atoms with Crippen LogP contribution in [0.25, 0.3) is 0 Å². The van der Waals surface area contributed by atoms with Crippen LogP contribution < -0.4 is 0 Å². The van der Waals surface area contributed by atoms with Crippen molar-refractivity contribution >= 4 is 18.0 Å². The van der Waals surface area contributed by atoms with Crippen LogP contribution in [-0.2, 0) is 23.8 Å². The summed E-state index contributed by atoms with van der Waals surface area (Å²) >= 11 is 0. The number of hydrogen-bond donors (Lipinski definition) is 1. The minimum Gasteiger partial charge on any atom is -0.457 e. The predicted octanol–water partition coefficient (Wildman–Crippen LogP) is 2.11. The van der Waals surface area contributed by atoms with Crippen LogP contribution in [0, 0.1) is 11.3 Å². The molecule has 0 bridgehead atoms. The van der Waals surface area contributed by atoms with Crippen molar-refractivity contribution in [3.63, 3.8) is 0 Å². The minimum absolute atomic E-state index is 0.0184. The number of ether oxygens (including phenoxy) is 3. The van der Waals surface area contributed by atoms with E-state index in [0.29, 0.717) is 5.57 Å². The third-order valence-electron chi connectivity index (χ3n) is 5.49. The van der Waals surface area contributed by atoms with Crippen molar-refractivity contribution in [3.05, 3.63) is 49.2 Å². The lowest BCUT2D eigenvalue weighted by Crippen LogP contribution is -2.72. The maximum atomic E-state index is 13.3. The normalized spacial score (nSPS) is 26.2. The number of carbonyl (C=O) groups is 3. The van der Waals surface area contributed by atoms with Gasteiger partial charge in [-0.3, -0.25) is 4.79 Å². The van der Waals surface area contributed by atoms with Crippen LogP contribution in [0.15, 0.2) is 49.2 Å². The maximum Gasteiger partial charge on any atom is 0.508 e. The minimum atomic E-state index is -1.13. The van der Waals surface area contributed by atoms with Gasteiger partial charge < -0.3 is 24.2 Å². The van der Waals surface area contributed by atoms with Gasteiger partial charge in [-0.15, -0.1) is 6.58 Å². The van der Waals surface area contributed by atoms with Crippen LogP contribution in [0.5, 0.6) is 0 Å². The average Bonchev–Trinajstić information content (AvgIpc) is 2.97. The van der Waals surface area contributed by atoms with Crippen molar-refractivity contribution in [2.75, 3.05) is 19.8 Å². The third-order valence-corrected chi connectivity index (χ3v) is 5.49. The Balaban J connectivity index is 2.35. The standard InChI is InChI=1S/C21H27NO7/c1-6-9-21(14(5)29-20(26)28-11-8-3)17-13(4)15(12-23)16(22(17)19(21)25)18(24)27-10-7-2/h6-8,13-14,17,23H,1-3,9-12H2,4-5H3/t13-,14+,17+,21+/m0/s1. The molecule has 0 saturated carbocycles. The summed E-state index contributed by atoms with van der Waals surface area (Å²) in [6.45, 7) is 13.7. The van der Waals surface area contributed by atoms with Gasteiger partial charge >= 0.3 is 12.1 Å². The number of fused-ring (bicyclic) bond motifs is 1. The Bertz CT molecular complexity index is 756. The van der Waals surface area contributed by atoms with Crippen molar-refractivity contribution in [3.8, 4) is 0 Å². The van der Waals surface area contributed by atoms with Crippen molar-refractivity contribution < 1.29 is 33.7 Å². The summed E-state index contributed by atoms with van der Waals surface area (Å²) in [6, 6.07) is -0.497. The molecular formula is C21H27NO7. The van der Waals surface area contributed by atoms with Gasteiger partial charge in [0.1, 0.15) is 30.4 Å². The van der Waals surface area contributed by atoms with E-state index < -0.39 is 42.2 Å². The second-order valence-corrected chi connectivity index (χ2v) is 6.97. The Hall–Kier alpha value is -2.87. The fourth-order valence-corrected chi connectivity index (χ4v) is 4.20. The van der Waals surface area contributed by atoms with Gasteiger partial charge in [-0.05, 0) is 18.9 Å². The van der Waals surface area contributed by atoms with Gasteiger partial charge in [-0.25, -0.2) is 9.59 Å². The van der Waals surface area contributed by atoms with Gasteiger partial charge in [-0.1, -0.05) is 38.3 Å². The molecular weight excluding hydrogens is 378 g/mol. The molecule has 0 radical (unpaired) electrons. The molecule has 0 aliphatic carbocycles. The van der Waals surface area contributed by atoms with E-state index in [9.17, 15) is 19.5 Å². The number of amides is 1. The van der Waals surface area contributed by atoms with Gasteiger partial charge in [-0.2, -0.15) is 0 Å². The summed E-state index contributed by atoms with van der Waals surface area (Å²) in [7, 11) is 0. The van der Waals surface area contributed by atoms with Crippen LogP contribution in [-0.4, -0.2) is 60.0 Å². The van der Waals surface area contributed by atoms with Crippen molar-refractivity contribution in [2.45, 2.75) is 32.4 Å². The molecule has 8 nitrogen and oxygen atoms in total. The number of β-lactam (4-membered cyclic amide) rings is 1. The van der Waals surface area contributed by atoms with E-state index >= 15 is 0 Å². The van der Waals surface area contributed by atoms with Crippen LogP contribution in [0.4, 0.5) is 4.79 Å². The largest absolute Gasteiger partial charge is 0.508 e. The van der Waals surface area contributed by atoms with Gasteiger partial charge in [0.2, 0.25) is 5.91 Å². The monoisotopic (exact) mass is 405 g/mol. The second-order valence-electron chi connectivity index (χ2n) is 6.97. The first-order valence-electron chi connectivity index (χ1n) is 9.32. The number of esters is 1. The number of aliphatic hydroxyl groups excluding tert-OH is 1. The lowest BCUT2D eigenvalue weighted by Gasteiger charge is -2.56. The molecule has 0 aromatic carbocycles. The molecule has 1 amide bonds. The topological polar surface area (TPSA) is 102 Å². The zero-order chi connectivity index (χ0) is 21.8. The van der Waals surface area contributed by atoms with E-state index in [1.807, 2.05) is 6.92 Å². The molecule has 4 atom stereocenters. The Kier molecular flexibility index (Phi) is 7.02. The van der Waals surface area contributed by atoms with Crippen LogP contribution in [0.1, 0.15) is 20.3 Å². The molecule has 2 aliphatic heterocycles. The van der Waals surface area contributed by atoms with Gasteiger partial charge in [0.25, 0.3) is 0 Å². The summed E-state index contributed by atoms with van der Waals surface area (Å²) in [6.07, 6.45) is 2.85. The summed E-state index contributed by atoms with van der Waals surface area (Å²) in [4.78, 5) is 39.0. The zero-order valence-corrected chi connectivity index (χ0v) is 16.8. The predicted molar refractivity (Wildman–Crippen MR) is 104 cm³/mol. The summed E-state index contributed by atoms with van der Waals surface area (Å²) < 4.78 is 15.3. The fourth-order valence-electron chi connectivity index (χ4n) is 4.20. The van der Waals surface area contributed by atoms with Crippen LogP contribution >= 0.6 is 0 Å². The highest BCUT2D eigenvalue weighted by Crippen LogP contribution is 2.57. The number of rotatable bonds is 10. The Morgan fingerprint density at radius 2 is 1.83 bits per heavy atom. The Morgan fingerprint density at radius 3 is 2.38 bits per heavy atom. The number of hydrogen-bond acceptors (Lipinski definition) is 7. The first-order chi connectivity index (χ1) is 13.8. The van der Waals surface area contributed by atoms with E-state index in [0.717, 1.165) is 0 Å². The molecule has 2 rings (SSSR count). The molecule has 0 aromatic heterocycles. The maximum absolute atomic E-state index is 13.3. The van der Waals surface area contributed by atoms with E-state index in [2.05, 4.69) is 19.7 Å². The van der Waals surface area contributed by atoms with E-state index in [1.165, 1.54) is 17.1 Å². The lowest BCUT2D eigenvalue weighted by molar-refractivity contribution is -0.185. The van der Waals surface area contributed by atoms with Gasteiger partial charge in [0.15, 0.2) is 0 Å². The van der Waals surface area contributed by atoms with E-state index in [4.69, 9.17) is 14.2 Å². The molecule has 1 N–H and O–H groups in total. The summed E-state index contributed by atoms with van der Waals surface area (Å²) in [5.41, 5.74) is -0.683. The molecule has 2 heterocycles. The Morgan fingerprint density at radius 1 is 1.21 bits per heavy atom. The molecule has 29 heavy (non-hydrogen) atoms. The van der Waals surface area contributed by atoms with Crippen LogP contribution in [0.2, 0.25) is 0 Å². The highest BCUT2D eigenvalue weighted by molar-refractivity contribution is 6.03. The lowest BCUT2D eigenvalue weighted by atomic mass is 9.62. The van der Waals surface area contributed by atoms with Gasteiger partial charge in [0, 0.05) is 5.92 Å². The molecule has 8 heteroatoms. The molecule has 0 unspecified atom stereocenters. The van der Waals surface area contributed by atoms with Crippen molar-refractivity contribution in [1.29, 1.82) is 0 Å². The summed E-state index contributed by atoms with van der Waals surface area (Å²) in [5, 5.41) is 9.85. The highest BCUT2D eigenvalue weighted by Gasteiger charge is 2.70. The van der Waals surface area contributed by atoms with Crippen molar-refractivity contribution in [2.24, 2.45) is 11.3 Å². The van der Waals surface area contributed by atoms with E-state index in [1.54, 1.807) is 13.0 Å². The second kappa shape index (κ2) is 9.09. The fraction of sp³-hybridized carbons (Fsp3) is 0.476. The number of carbonyl (C=O) groups excluding carboxylic acids is 3. The average molecular weight is 405 g/mol. The van der Waals surface area contributed by atoms with Gasteiger partial charge in [0.05, 0.1) is 12.6 Å². The SMILES string of the molecule is C=CCOC(=O)O[C@H](C)[C@@]1(CC=C)C(=O)N2C(C(=O)OCC=C)=C(CO)[C@H](C)[C@@H]21. The molecule has 1 fully saturated rings. The summed E-state index contributed by atoms with van der Waals surface area (Å²) in [5.74, 6) is -1.45. The van der Waals surface area contributed by atoms with E-state index in [-0.39, 0.29) is 31.2 Å². The molecule has 158 valence electrons. The van der Waals surface area contributed by atoms with Crippen LogP contribution in [0.3, 0.4) is 0 Å². The molecule has 0 spiro atoms. The van der Waals surface area contributed by atoms with Crippen molar-refractivity contribution in [1.82, 2.24) is 4.90 Å². The number of aliphatic hydroxyl groups is 1. The first kappa shape index (κ1) is 22.4. The number of nitrogens with zero attached hydrogens (tertiary/aromatic N) is 1. The first-order valence-corrected chi connectivity index (χ1v) is 9.32. The number of allylic oxidation sites excluding steroid dienone is 1. The smallest absolute Gasteiger partial charge is 0.457 e. The highest BCUT2D eigenvalue weighted by atomic mass is 16.7. The molecule has 2 aliphatic rings. The quantitative estimate of drug-likeness (QED) is 0.337. The third kappa shape index (κ3) is 3.60. The molecule has 1 saturated heterocycles. The molecule has 0 aromatic rings. The Labute approximate surface area is 170 Å². The zero-order valence-electron chi connectivity index (χ0n) is 16.8.